The first-order valence-corrected chi connectivity index (χ1v) is 10.4. The Labute approximate surface area is 185 Å². The number of benzene rings is 2. The van der Waals surface area contributed by atoms with Gasteiger partial charge in [0.1, 0.15) is 4.66 Å². The zero-order chi connectivity index (χ0) is 23.3. The Kier molecular flexibility index (Phi) is 7.32. The zero-order valence-corrected chi connectivity index (χ0v) is 18.1. The fraction of sp³-hybridized carbons (Fsp3) is 0.174. The van der Waals surface area contributed by atoms with Crippen LogP contribution in [0, 0.1) is 11.6 Å². The van der Waals surface area contributed by atoms with Crippen LogP contribution in [0.3, 0.4) is 0 Å². The molecule has 0 saturated heterocycles. The summed E-state index contributed by atoms with van der Waals surface area (Å²) in [6, 6.07) is 9.79. The Morgan fingerprint density at radius 3 is 2.44 bits per heavy atom. The van der Waals surface area contributed by atoms with Crippen molar-refractivity contribution in [2.45, 2.75) is 13.5 Å². The molecular formula is C23H19F2NO5S. The maximum absolute atomic E-state index is 13.6. The van der Waals surface area contributed by atoms with Gasteiger partial charge in [-0.2, -0.15) is 0 Å². The van der Waals surface area contributed by atoms with Crippen LogP contribution in [0.1, 0.15) is 28.4 Å². The molecule has 0 bridgehead atoms. The van der Waals surface area contributed by atoms with Crippen molar-refractivity contribution >= 4 is 35.4 Å². The molecule has 0 atom stereocenters. The Bertz CT molecular complexity index is 1330. The number of methoxy groups -OCH3 is 1. The van der Waals surface area contributed by atoms with Gasteiger partial charge in [-0.3, -0.25) is 9.36 Å². The Morgan fingerprint density at radius 1 is 1.09 bits per heavy atom. The topological polar surface area (TPSA) is 74.6 Å². The van der Waals surface area contributed by atoms with Crippen LogP contribution < -0.4 is 14.8 Å². The second-order valence-electron chi connectivity index (χ2n) is 6.60. The van der Waals surface area contributed by atoms with Crippen LogP contribution in [0.25, 0.3) is 12.2 Å². The maximum Gasteiger partial charge on any atom is 0.337 e. The number of aromatic nitrogens is 1. The Morgan fingerprint density at radius 2 is 1.81 bits per heavy atom. The molecule has 2 aromatic carbocycles. The van der Waals surface area contributed by atoms with Crippen molar-refractivity contribution in [3.8, 4) is 0 Å². The van der Waals surface area contributed by atoms with Crippen LogP contribution in [0.2, 0.25) is 0 Å². The van der Waals surface area contributed by atoms with Crippen molar-refractivity contribution in [2.24, 2.45) is 0 Å². The van der Waals surface area contributed by atoms with Crippen molar-refractivity contribution in [1.29, 1.82) is 0 Å². The number of halogens is 2. The fourth-order valence-corrected chi connectivity index (χ4v) is 3.91. The minimum Gasteiger partial charge on any atom is -0.465 e. The van der Waals surface area contributed by atoms with E-state index in [9.17, 15) is 23.2 Å². The van der Waals surface area contributed by atoms with Crippen LogP contribution in [0.5, 0.6) is 0 Å². The summed E-state index contributed by atoms with van der Waals surface area (Å²) in [5.74, 6) is -3.11. The Hall–Kier alpha value is -3.59. The average Bonchev–Trinajstić information content (AvgIpc) is 3.05. The van der Waals surface area contributed by atoms with Gasteiger partial charge in [0.15, 0.2) is 11.6 Å². The summed E-state index contributed by atoms with van der Waals surface area (Å²) < 4.78 is 38.3. The van der Waals surface area contributed by atoms with E-state index in [0.29, 0.717) is 21.4 Å². The lowest BCUT2D eigenvalue weighted by atomic mass is 10.1. The number of nitrogens with zero attached hydrogens (tertiary/aromatic N) is 1. The molecule has 32 heavy (non-hydrogen) atoms. The van der Waals surface area contributed by atoms with E-state index in [1.807, 2.05) is 0 Å². The lowest BCUT2D eigenvalue weighted by Crippen LogP contribution is -2.32. The number of esters is 2. The SMILES string of the molecule is CCOC(=O)/C=c1\s/c(=C\c2ccc(F)c(F)c2)c(=O)n1Cc1ccc(C(=O)OC)cc1. The van der Waals surface area contributed by atoms with E-state index in [4.69, 9.17) is 4.74 Å². The highest BCUT2D eigenvalue weighted by Gasteiger charge is 2.10. The molecular weight excluding hydrogens is 440 g/mol. The van der Waals surface area contributed by atoms with Gasteiger partial charge in [-0.25, -0.2) is 18.4 Å². The van der Waals surface area contributed by atoms with E-state index in [1.165, 1.54) is 29.9 Å². The Balaban J connectivity index is 2.08. The molecule has 0 amide bonds. The molecule has 3 rings (SSSR count). The van der Waals surface area contributed by atoms with Gasteiger partial charge >= 0.3 is 11.9 Å². The molecule has 0 aliphatic rings. The fourth-order valence-electron chi connectivity index (χ4n) is 2.88. The first-order chi connectivity index (χ1) is 15.3. The molecule has 166 valence electrons. The van der Waals surface area contributed by atoms with E-state index >= 15 is 0 Å². The predicted molar refractivity (Wildman–Crippen MR) is 116 cm³/mol. The molecule has 0 fully saturated rings. The second kappa shape index (κ2) is 10.1. The minimum absolute atomic E-state index is 0.119. The zero-order valence-electron chi connectivity index (χ0n) is 17.3. The van der Waals surface area contributed by atoms with E-state index in [1.54, 1.807) is 31.2 Å². The van der Waals surface area contributed by atoms with Gasteiger partial charge in [-0.05, 0) is 48.4 Å². The lowest BCUT2D eigenvalue weighted by Gasteiger charge is -2.04. The van der Waals surface area contributed by atoms with Crippen LogP contribution >= 0.6 is 11.3 Å². The molecule has 0 saturated carbocycles. The first-order valence-electron chi connectivity index (χ1n) is 9.54. The van der Waals surface area contributed by atoms with Crippen LogP contribution in [0.15, 0.2) is 47.3 Å². The number of carbonyl (C=O) groups is 2. The van der Waals surface area contributed by atoms with Gasteiger partial charge in [-0.1, -0.05) is 18.2 Å². The van der Waals surface area contributed by atoms with Crippen molar-refractivity contribution < 1.29 is 27.8 Å². The summed E-state index contributed by atoms with van der Waals surface area (Å²) in [5, 5.41) is 0. The van der Waals surface area contributed by atoms with Gasteiger partial charge in [-0.15, -0.1) is 11.3 Å². The van der Waals surface area contributed by atoms with E-state index in [0.717, 1.165) is 23.5 Å². The van der Waals surface area contributed by atoms with Gasteiger partial charge < -0.3 is 9.47 Å². The third-order valence-corrected chi connectivity index (χ3v) is 5.48. The van der Waals surface area contributed by atoms with Gasteiger partial charge in [0, 0.05) is 0 Å². The molecule has 3 aromatic rings. The smallest absolute Gasteiger partial charge is 0.337 e. The number of ether oxygens (including phenoxy) is 2. The molecule has 0 aliphatic carbocycles. The minimum atomic E-state index is -1.03. The van der Waals surface area contributed by atoms with Crippen molar-refractivity contribution in [3.05, 3.63) is 90.3 Å². The van der Waals surface area contributed by atoms with E-state index < -0.39 is 29.1 Å². The number of carbonyl (C=O) groups excluding carboxylic acids is 2. The third-order valence-electron chi connectivity index (χ3n) is 4.42. The molecule has 0 radical (unpaired) electrons. The monoisotopic (exact) mass is 459 g/mol. The quantitative estimate of drug-likeness (QED) is 0.529. The summed E-state index contributed by atoms with van der Waals surface area (Å²) >= 11 is 1.02. The second-order valence-corrected chi connectivity index (χ2v) is 7.66. The van der Waals surface area contributed by atoms with Gasteiger partial charge in [0.05, 0.1) is 36.4 Å². The molecule has 6 nitrogen and oxygen atoms in total. The lowest BCUT2D eigenvalue weighted by molar-refractivity contribution is -0.135. The number of hydrogen-bond donors (Lipinski definition) is 0. The largest absolute Gasteiger partial charge is 0.465 e. The third kappa shape index (κ3) is 5.36. The van der Waals surface area contributed by atoms with Crippen molar-refractivity contribution in [3.63, 3.8) is 0 Å². The van der Waals surface area contributed by atoms with Crippen molar-refractivity contribution in [1.82, 2.24) is 4.57 Å². The van der Waals surface area contributed by atoms with Crippen LogP contribution in [-0.4, -0.2) is 30.2 Å². The van der Waals surface area contributed by atoms with E-state index in [-0.39, 0.29) is 17.7 Å². The predicted octanol–water partition coefficient (Wildman–Crippen LogP) is 2.20. The highest BCUT2D eigenvalue weighted by Crippen LogP contribution is 2.09. The maximum atomic E-state index is 13.6. The average molecular weight is 459 g/mol. The number of thiazole rings is 1. The van der Waals surface area contributed by atoms with Gasteiger partial charge in [0.25, 0.3) is 5.56 Å². The molecule has 1 aromatic heterocycles. The number of hydrogen-bond acceptors (Lipinski definition) is 6. The normalized spacial score (nSPS) is 12.1. The van der Waals surface area contributed by atoms with Gasteiger partial charge in [0.2, 0.25) is 0 Å². The number of rotatable bonds is 6. The molecule has 0 aliphatic heterocycles. The standard InChI is InChI=1S/C23H19F2NO5S/c1-3-31-21(27)12-20-26(13-14-4-7-16(8-5-14)23(29)30-2)22(28)19(32-20)11-15-6-9-17(24)18(25)10-15/h4-12H,3,13H2,1-2H3/b19-11-,20-12-. The summed E-state index contributed by atoms with van der Waals surface area (Å²) in [4.78, 5) is 36.6. The van der Waals surface area contributed by atoms with E-state index in [2.05, 4.69) is 4.74 Å². The summed E-state index contributed by atoms with van der Waals surface area (Å²) in [6.45, 7) is 1.96. The highest BCUT2D eigenvalue weighted by atomic mass is 32.1. The molecule has 1 heterocycles. The summed E-state index contributed by atoms with van der Waals surface area (Å²) in [7, 11) is 1.28. The van der Waals surface area contributed by atoms with Crippen molar-refractivity contribution in [2.75, 3.05) is 13.7 Å². The summed E-state index contributed by atoms with van der Waals surface area (Å²) in [5.41, 5.74) is 0.960. The molecule has 0 spiro atoms. The first kappa shape index (κ1) is 23.1. The molecule has 0 N–H and O–H groups in total. The highest BCUT2D eigenvalue weighted by molar-refractivity contribution is 7.07. The molecule has 9 heteroatoms. The van der Waals surface area contributed by atoms with Crippen LogP contribution in [-0.2, 0) is 20.8 Å². The van der Waals surface area contributed by atoms with Crippen LogP contribution in [0.4, 0.5) is 8.78 Å². The summed E-state index contributed by atoms with van der Waals surface area (Å²) in [6.07, 6.45) is 2.63. The molecule has 0 unspecified atom stereocenters.